The molecule has 1 rings (SSSR count). The molecule has 0 aliphatic heterocycles. The fourth-order valence-corrected chi connectivity index (χ4v) is 1.16. The molecule has 0 aromatic rings. The Bertz CT molecular complexity index is 177. The molecule has 0 aromatic carbocycles. The maximum atomic E-state index is 10.3. The molecule has 0 radical (unpaired) electrons. The molecule has 5 nitrogen and oxygen atoms in total. The van der Waals surface area contributed by atoms with Gasteiger partial charge in [-0.1, -0.05) is 0 Å². The van der Waals surface area contributed by atoms with Crippen LogP contribution in [-0.4, -0.2) is 29.2 Å². The van der Waals surface area contributed by atoms with E-state index in [0.717, 1.165) is 0 Å². The summed E-state index contributed by atoms with van der Waals surface area (Å²) in [6.45, 7) is 0. The van der Waals surface area contributed by atoms with Crippen LogP contribution in [0.4, 0.5) is 0 Å². The predicted molar refractivity (Wildman–Crippen MR) is 37.7 cm³/mol. The number of aliphatic carboxylic acids is 1. The lowest BCUT2D eigenvalue weighted by Gasteiger charge is -2.35. The highest BCUT2D eigenvalue weighted by Crippen LogP contribution is 2.31. The fourth-order valence-electron chi connectivity index (χ4n) is 1.16. The first-order valence-corrected chi connectivity index (χ1v) is 3.44. The van der Waals surface area contributed by atoms with Crippen LogP contribution in [0.5, 0.6) is 0 Å². The van der Waals surface area contributed by atoms with Gasteiger partial charge in [-0.05, 0) is 12.8 Å². The maximum absolute atomic E-state index is 10.3. The first-order valence-electron chi connectivity index (χ1n) is 3.44. The van der Waals surface area contributed by atoms with Crippen LogP contribution in [0.3, 0.4) is 0 Å². The van der Waals surface area contributed by atoms with Crippen LogP contribution in [0.25, 0.3) is 0 Å². The van der Waals surface area contributed by atoms with Gasteiger partial charge in [-0.3, -0.25) is 9.80 Å². The first kappa shape index (κ1) is 7.97. The molecule has 1 fully saturated rings. The van der Waals surface area contributed by atoms with E-state index in [0.29, 0.717) is 12.8 Å². The van der Waals surface area contributed by atoms with E-state index in [1.54, 1.807) is 7.05 Å². The van der Waals surface area contributed by atoms with Gasteiger partial charge in [-0.2, -0.15) is 0 Å². The Kier molecular flexibility index (Phi) is 2.07. The summed E-state index contributed by atoms with van der Waals surface area (Å²) in [4.78, 5) is 20.3. The molecule has 62 valence electrons. The first-order chi connectivity index (χ1) is 5.15. The van der Waals surface area contributed by atoms with Crippen molar-refractivity contribution in [1.82, 2.24) is 5.01 Å². The standard InChI is InChI=1S/C6H10N2O3/c1-8(7-11)5-2-4(3-5)6(9)10/h4-5H,2-3H2,1H3,(H,9,10). The van der Waals surface area contributed by atoms with Crippen molar-refractivity contribution in [2.75, 3.05) is 7.05 Å². The molecule has 5 heteroatoms. The lowest BCUT2D eigenvalue weighted by Crippen LogP contribution is -2.42. The van der Waals surface area contributed by atoms with Crippen molar-refractivity contribution in [3.05, 3.63) is 4.91 Å². The van der Waals surface area contributed by atoms with Crippen LogP contribution < -0.4 is 0 Å². The second-order valence-electron chi connectivity index (χ2n) is 2.82. The number of hydrogen-bond acceptors (Lipinski definition) is 3. The van der Waals surface area contributed by atoms with Crippen molar-refractivity contribution < 1.29 is 9.90 Å². The summed E-state index contributed by atoms with van der Waals surface area (Å²) in [6.07, 6.45) is 1.08. The highest BCUT2D eigenvalue weighted by molar-refractivity contribution is 5.71. The molecule has 0 saturated heterocycles. The van der Waals surface area contributed by atoms with E-state index in [-0.39, 0.29) is 12.0 Å². The van der Waals surface area contributed by atoms with Crippen molar-refractivity contribution in [1.29, 1.82) is 0 Å². The van der Waals surface area contributed by atoms with Gasteiger partial charge < -0.3 is 5.11 Å². The fraction of sp³-hybridized carbons (Fsp3) is 0.833. The van der Waals surface area contributed by atoms with Gasteiger partial charge in [0, 0.05) is 7.05 Å². The topological polar surface area (TPSA) is 70.0 Å². The van der Waals surface area contributed by atoms with E-state index >= 15 is 0 Å². The summed E-state index contributed by atoms with van der Waals surface area (Å²) in [7, 11) is 1.57. The summed E-state index contributed by atoms with van der Waals surface area (Å²) >= 11 is 0. The van der Waals surface area contributed by atoms with Crippen molar-refractivity contribution in [2.24, 2.45) is 11.2 Å². The third kappa shape index (κ3) is 1.47. The Morgan fingerprint density at radius 1 is 1.64 bits per heavy atom. The molecule has 0 atom stereocenters. The molecule has 1 aliphatic carbocycles. The Hall–Kier alpha value is -1.13. The largest absolute Gasteiger partial charge is 0.481 e. The van der Waals surface area contributed by atoms with Gasteiger partial charge >= 0.3 is 5.97 Å². The molecule has 0 spiro atoms. The van der Waals surface area contributed by atoms with Crippen LogP contribution >= 0.6 is 0 Å². The van der Waals surface area contributed by atoms with Gasteiger partial charge in [0.15, 0.2) is 0 Å². The quantitative estimate of drug-likeness (QED) is 0.478. The zero-order valence-electron chi connectivity index (χ0n) is 6.23. The van der Waals surface area contributed by atoms with Crippen LogP contribution in [-0.2, 0) is 4.79 Å². The van der Waals surface area contributed by atoms with Gasteiger partial charge in [0.2, 0.25) is 0 Å². The van der Waals surface area contributed by atoms with Crippen molar-refractivity contribution in [3.63, 3.8) is 0 Å². The zero-order chi connectivity index (χ0) is 8.43. The smallest absolute Gasteiger partial charge is 0.306 e. The van der Waals surface area contributed by atoms with Crippen LogP contribution in [0, 0.1) is 10.8 Å². The van der Waals surface area contributed by atoms with Gasteiger partial charge in [-0.25, -0.2) is 0 Å². The summed E-state index contributed by atoms with van der Waals surface area (Å²) < 4.78 is 0. The minimum Gasteiger partial charge on any atom is -0.481 e. The van der Waals surface area contributed by atoms with Gasteiger partial charge in [0.25, 0.3) is 0 Å². The average molecular weight is 158 g/mol. The molecule has 1 aliphatic rings. The number of nitroso groups, excluding NO2 is 1. The molecule has 0 bridgehead atoms. The van der Waals surface area contributed by atoms with Gasteiger partial charge in [0.05, 0.1) is 17.2 Å². The van der Waals surface area contributed by atoms with Gasteiger partial charge in [-0.15, -0.1) is 4.91 Å². The molecule has 1 N–H and O–H groups in total. The second-order valence-corrected chi connectivity index (χ2v) is 2.82. The number of hydrogen-bond donors (Lipinski definition) is 1. The Balaban J connectivity index is 2.29. The monoisotopic (exact) mass is 158 g/mol. The molecular weight excluding hydrogens is 148 g/mol. The third-order valence-electron chi connectivity index (χ3n) is 2.12. The van der Waals surface area contributed by atoms with E-state index in [1.807, 2.05) is 0 Å². The highest BCUT2D eigenvalue weighted by Gasteiger charge is 2.37. The summed E-state index contributed by atoms with van der Waals surface area (Å²) in [5.74, 6) is -1.05. The number of carboxylic acid groups (broad SMARTS) is 1. The molecule has 0 unspecified atom stereocenters. The minimum absolute atomic E-state index is 0.0357. The number of carbonyl (C=O) groups is 1. The van der Waals surface area contributed by atoms with E-state index in [9.17, 15) is 9.70 Å². The molecule has 0 heterocycles. The Morgan fingerprint density at radius 2 is 2.18 bits per heavy atom. The normalized spacial score (nSPS) is 28.8. The molecule has 0 amide bonds. The van der Waals surface area contributed by atoms with E-state index in [2.05, 4.69) is 5.29 Å². The van der Waals surface area contributed by atoms with E-state index in [4.69, 9.17) is 5.11 Å². The number of carboxylic acids is 1. The average Bonchev–Trinajstić information content (AvgIpc) is 1.83. The molecular formula is C6H10N2O3. The Morgan fingerprint density at radius 3 is 2.55 bits per heavy atom. The van der Waals surface area contributed by atoms with Crippen LogP contribution in [0.2, 0.25) is 0 Å². The SMILES string of the molecule is CN(N=O)C1CC(C(=O)O)C1. The van der Waals surface area contributed by atoms with Gasteiger partial charge in [0.1, 0.15) is 0 Å². The molecule has 1 saturated carbocycles. The maximum Gasteiger partial charge on any atom is 0.306 e. The van der Waals surface area contributed by atoms with Crippen molar-refractivity contribution in [2.45, 2.75) is 18.9 Å². The summed E-state index contributed by atoms with van der Waals surface area (Å²) in [5, 5.41) is 12.5. The van der Waals surface area contributed by atoms with E-state index < -0.39 is 5.97 Å². The molecule has 0 aromatic heterocycles. The summed E-state index contributed by atoms with van der Waals surface area (Å²) in [5.41, 5.74) is 0. The second kappa shape index (κ2) is 2.86. The lowest BCUT2D eigenvalue weighted by atomic mass is 9.80. The van der Waals surface area contributed by atoms with E-state index in [1.165, 1.54) is 5.01 Å². The zero-order valence-corrected chi connectivity index (χ0v) is 6.23. The number of rotatable bonds is 3. The molecule has 11 heavy (non-hydrogen) atoms. The van der Waals surface area contributed by atoms with Crippen molar-refractivity contribution >= 4 is 5.97 Å². The highest BCUT2D eigenvalue weighted by atomic mass is 16.4. The third-order valence-corrected chi connectivity index (χ3v) is 2.12. The Labute approximate surface area is 63.9 Å². The minimum atomic E-state index is -0.777. The predicted octanol–water partition coefficient (Wildman–Crippen LogP) is 0.463. The lowest BCUT2D eigenvalue weighted by molar-refractivity contribution is -0.146. The van der Waals surface area contributed by atoms with Crippen molar-refractivity contribution in [3.8, 4) is 0 Å². The van der Waals surface area contributed by atoms with Crippen LogP contribution in [0.1, 0.15) is 12.8 Å². The van der Waals surface area contributed by atoms with Crippen LogP contribution in [0.15, 0.2) is 5.29 Å². The number of nitrogens with zero attached hydrogens (tertiary/aromatic N) is 2. The summed E-state index contributed by atoms with van der Waals surface area (Å²) in [6, 6.07) is 0.0357.